The van der Waals surface area contributed by atoms with Crippen LogP contribution in [0.1, 0.15) is 32.3 Å². The van der Waals surface area contributed by atoms with Gasteiger partial charge in [0.1, 0.15) is 5.82 Å². The molecule has 0 radical (unpaired) electrons. The molecule has 1 aromatic heterocycles. The highest BCUT2D eigenvalue weighted by Gasteiger charge is 2.21. The molecule has 1 saturated heterocycles. The monoisotopic (exact) mass is 247 g/mol. The van der Waals surface area contributed by atoms with Crippen LogP contribution in [0.2, 0.25) is 0 Å². The van der Waals surface area contributed by atoms with E-state index in [9.17, 15) is 0 Å². The van der Waals surface area contributed by atoms with E-state index in [2.05, 4.69) is 35.1 Å². The van der Waals surface area contributed by atoms with Gasteiger partial charge in [0.25, 0.3) is 0 Å². The third-order valence-corrected chi connectivity index (χ3v) is 4.10. The second kappa shape index (κ2) is 6.19. The summed E-state index contributed by atoms with van der Waals surface area (Å²) in [5.41, 5.74) is 1.31. The summed E-state index contributed by atoms with van der Waals surface area (Å²) in [5.74, 6) is 2.76. The van der Waals surface area contributed by atoms with Gasteiger partial charge in [-0.05, 0) is 43.8 Å². The molecule has 0 atom stereocenters. The molecule has 0 saturated carbocycles. The van der Waals surface area contributed by atoms with Crippen LogP contribution in [0.25, 0.3) is 0 Å². The summed E-state index contributed by atoms with van der Waals surface area (Å²) in [6.45, 7) is 8.16. The maximum Gasteiger partial charge on any atom is 0.130 e. The van der Waals surface area contributed by atoms with Crippen LogP contribution in [0.3, 0.4) is 0 Å². The van der Waals surface area contributed by atoms with Crippen LogP contribution in [0.15, 0.2) is 18.3 Å². The molecule has 0 unspecified atom stereocenters. The molecule has 3 nitrogen and oxygen atoms in total. The summed E-state index contributed by atoms with van der Waals surface area (Å²) in [6.07, 6.45) is 4.53. The largest absolute Gasteiger partial charge is 0.373 e. The number of nitrogens with zero attached hydrogens (tertiary/aromatic N) is 2. The van der Waals surface area contributed by atoms with E-state index in [4.69, 9.17) is 0 Å². The number of anilines is 1. The van der Waals surface area contributed by atoms with E-state index in [1.165, 1.54) is 31.5 Å². The van der Waals surface area contributed by atoms with Gasteiger partial charge in [0.05, 0.1) is 0 Å². The first kappa shape index (κ1) is 13.3. The van der Waals surface area contributed by atoms with Crippen LogP contribution in [0, 0.1) is 11.8 Å². The zero-order chi connectivity index (χ0) is 13.0. The van der Waals surface area contributed by atoms with Gasteiger partial charge in [-0.15, -0.1) is 0 Å². The topological polar surface area (TPSA) is 28.2 Å². The molecule has 2 heterocycles. The fraction of sp³-hybridized carbons (Fsp3) is 0.667. The van der Waals surface area contributed by atoms with Gasteiger partial charge in [-0.3, -0.25) is 4.90 Å². The molecule has 0 spiro atoms. The van der Waals surface area contributed by atoms with Crippen molar-refractivity contribution in [3.8, 4) is 0 Å². The molecule has 1 aromatic rings. The van der Waals surface area contributed by atoms with E-state index < -0.39 is 0 Å². The summed E-state index contributed by atoms with van der Waals surface area (Å²) < 4.78 is 0. The van der Waals surface area contributed by atoms with Crippen molar-refractivity contribution in [1.82, 2.24) is 9.88 Å². The van der Waals surface area contributed by atoms with E-state index in [1.807, 2.05) is 19.3 Å². The molecular formula is C15H25N3. The van der Waals surface area contributed by atoms with Gasteiger partial charge in [-0.1, -0.05) is 19.9 Å². The van der Waals surface area contributed by atoms with Gasteiger partial charge < -0.3 is 5.32 Å². The highest BCUT2D eigenvalue weighted by atomic mass is 15.1. The Balaban J connectivity index is 1.91. The van der Waals surface area contributed by atoms with Gasteiger partial charge in [0.15, 0.2) is 0 Å². The first-order valence-corrected chi connectivity index (χ1v) is 7.04. The summed E-state index contributed by atoms with van der Waals surface area (Å²) in [6, 6.07) is 4.20. The lowest BCUT2D eigenvalue weighted by molar-refractivity contribution is 0.152. The number of hydrogen-bond donors (Lipinski definition) is 1. The molecule has 0 aromatic carbocycles. The predicted molar refractivity (Wildman–Crippen MR) is 76.6 cm³/mol. The quantitative estimate of drug-likeness (QED) is 0.886. The minimum Gasteiger partial charge on any atom is -0.373 e. The van der Waals surface area contributed by atoms with Crippen LogP contribution in [0.5, 0.6) is 0 Å². The van der Waals surface area contributed by atoms with Crippen molar-refractivity contribution in [3.05, 3.63) is 23.9 Å². The third kappa shape index (κ3) is 3.22. The van der Waals surface area contributed by atoms with Crippen molar-refractivity contribution in [3.63, 3.8) is 0 Å². The first-order valence-electron chi connectivity index (χ1n) is 7.04. The second-order valence-corrected chi connectivity index (χ2v) is 5.62. The van der Waals surface area contributed by atoms with Crippen molar-refractivity contribution in [1.29, 1.82) is 0 Å². The molecule has 0 bridgehead atoms. The number of nitrogens with one attached hydrogen (secondary N) is 1. The Hall–Kier alpha value is -1.09. The molecule has 1 N–H and O–H groups in total. The zero-order valence-electron chi connectivity index (χ0n) is 11.8. The normalized spacial score (nSPS) is 18.2. The van der Waals surface area contributed by atoms with E-state index in [1.54, 1.807) is 0 Å². The van der Waals surface area contributed by atoms with Gasteiger partial charge in [0.2, 0.25) is 0 Å². The minimum absolute atomic E-state index is 0.832. The number of hydrogen-bond acceptors (Lipinski definition) is 3. The standard InChI is InChI=1S/C15H25N3/c1-12(2)13-6-9-18(10-7-13)11-14-5-4-8-17-15(14)16-3/h4-5,8,12-13H,6-7,9-11H2,1-3H3,(H,16,17). The molecule has 1 aliphatic rings. The van der Waals surface area contributed by atoms with Crippen molar-refractivity contribution >= 4 is 5.82 Å². The number of likely N-dealkylation sites (tertiary alicyclic amines) is 1. The fourth-order valence-corrected chi connectivity index (χ4v) is 2.81. The van der Waals surface area contributed by atoms with Gasteiger partial charge in [-0.2, -0.15) is 0 Å². The average molecular weight is 247 g/mol. The van der Waals surface area contributed by atoms with E-state index >= 15 is 0 Å². The maximum absolute atomic E-state index is 4.37. The Morgan fingerprint density at radius 3 is 2.72 bits per heavy atom. The van der Waals surface area contributed by atoms with Gasteiger partial charge >= 0.3 is 0 Å². The summed E-state index contributed by atoms with van der Waals surface area (Å²) in [7, 11) is 1.94. The van der Waals surface area contributed by atoms with Crippen LogP contribution in [0.4, 0.5) is 5.82 Å². The Labute approximate surface area is 111 Å². The average Bonchev–Trinajstić information content (AvgIpc) is 2.40. The number of rotatable bonds is 4. The van der Waals surface area contributed by atoms with Gasteiger partial charge in [0, 0.05) is 25.4 Å². The lowest BCUT2D eigenvalue weighted by Gasteiger charge is -2.34. The molecule has 1 fully saturated rings. The maximum atomic E-state index is 4.37. The number of piperidine rings is 1. The second-order valence-electron chi connectivity index (χ2n) is 5.62. The van der Waals surface area contributed by atoms with Crippen LogP contribution < -0.4 is 5.32 Å². The Bertz CT molecular complexity index is 368. The SMILES string of the molecule is CNc1ncccc1CN1CCC(C(C)C)CC1. The summed E-state index contributed by atoms with van der Waals surface area (Å²) in [4.78, 5) is 6.92. The number of pyridine rings is 1. The Morgan fingerprint density at radius 1 is 1.39 bits per heavy atom. The van der Waals surface area contributed by atoms with Crippen molar-refractivity contribution < 1.29 is 0 Å². The third-order valence-electron chi connectivity index (χ3n) is 4.10. The molecule has 0 amide bonds. The predicted octanol–water partition coefficient (Wildman–Crippen LogP) is 2.99. The smallest absolute Gasteiger partial charge is 0.130 e. The number of aromatic nitrogens is 1. The van der Waals surface area contributed by atoms with Crippen LogP contribution in [-0.2, 0) is 6.54 Å². The Kier molecular flexibility index (Phi) is 4.59. The van der Waals surface area contributed by atoms with Crippen molar-refractivity contribution in [2.45, 2.75) is 33.2 Å². The van der Waals surface area contributed by atoms with Crippen molar-refractivity contribution in [2.24, 2.45) is 11.8 Å². The molecule has 1 aliphatic heterocycles. The fourth-order valence-electron chi connectivity index (χ4n) is 2.81. The highest BCUT2D eigenvalue weighted by molar-refractivity contribution is 5.42. The minimum atomic E-state index is 0.832. The molecule has 0 aliphatic carbocycles. The first-order chi connectivity index (χ1) is 8.70. The lowest BCUT2D eigenvalue weighted by Crippen LogP contribution is -2.34. The van der Waals surface area contributed by atoms with Crippen LogP contribution in [-0.4, -0.2) is 30.0 Å². The highest BCUT2D eigenvalue weighted by Crippen LogP contribution is 2.26. The van der Waals surface area contributed by atoms with E-state index in [0.717, 1.165) is 24.2 Å². The van der Waals surface area contributed by atoms with Crippen LogP contribution >= 0.6 is 0 Å². The molecule has 3 heteroatoms. The van der Waals surface area contributed by atoms with E-state index in [-0.39, 0.29) is 0 Å². The molecule has 18 heavy (non-hydrogen) atoms. The van der Waals surface area contributed by atoms with E-state index in [0.29, 0.717) is 0 Å². The summed E-state index contributed by atoms with van der Waals surface area (Å²) >= 11 is 0. The molecule has 2 rings (SSSR count). The zero-order valence-corrected chi connectivity index (χ0v) is 11.8. The molecule has 100 valence electrons. The Morgan fingerprint density at radius 2 is 2.11 bits per heavy atom. The lowest BCUT2D eigenvalue weighted by atomic mass is 9.86. The van der Waals surface area contributed by atoms with Gasteiger partial charge in [-0.25, -0.2) is 4.98 Å². The summed E-state index contributed by atoms with van der Waals surface area (Å²) in [5, 5.41) is 3.17. The van der Waals surface area contributed by atoms with Crippen molar-refractivity contribution in [2.75, 3.05) is 25.5 Å². The molecular weight excluding hydrogens is 222 g/mol.